The molecule has 1 heterocycles. The maximum absolute atomic E-state index is 13.2. The molecule has 3 rings (SSSR count). The summed E-state index contributed by atoms with van der Waals surface area (Å²) in [5, 5.41) is -0.716. The first-order valence-electron chi connectivity index (χ1n) is 8.78. The number of rotatable bonds is 5. The highest BCUT2D eigenvalue weighted by atomic mass is 32.2. The van der Waals surface area contributed by atoms with Crippen molar-refractivity contribution in [1.29, 1.82) is 0 Å². The summed E-state index contributed by atoms with van der Waals surface area (Å²) in [4.78, 5) is -0.00800. The average molecular weight is 426 g/mol. The Hall–Kier alpha value is -2.10. The molecule has 0 saturated carbocycles. The molecule has 0 aliphatic carbocycles. The van der Waals surface area contributed by atoms with E-state index in [-0.39, 0.29) is 35.9 Å². The van der Waals surface area contributed by atoms with Crippen molar-refractivity contribution < 1.29 is 26.3 Å². The molecule has 0 N–H and O–H groups in total. The van der Waals surface area contributed by atoms with Gasteiger partial charge < -0.3 is 9.47 Å². The van der Waals surface area contributed by atoms with Crippen LogP contribution in [0, 0.1) is 0 Å². The van der Waals surface area contributed by atoms with Gasteiger partial charge in [0.15, 0.2) is 9.84 Å². The molecule has 1 aliphatic heterocycles. The summed E-state index contributed by atoms with van der Waals surface area (Å²) in [6, 6.07) is 13.4. The number of hydrogen-bond donors (Lipinski definition) is 0. The van der Waals surface area contributed by atoms with Crippen molar-refractivity contribution in [2.24, 2.45) is 0 Å². The minimum Gasteiger partial charge on any atom is -0.497 e. The predicted octanol–water partition coefficient (Wildman–Crippen LogP) is 2.25. The molecule has 0 radical (unpaired) electrons. The van der Waals surface area contributed by atoms with Gasteiger partial charge in [-0.1, -0.05) is 30.3 Å². The van der Waals surface area contributed by atoms with E-state index in [1.54, 1.807) is 24.3 Å². The van der Waals surface area contributed by atoms with E-state index in [0.29, 0.717) is 11.3 Å². The van der Waals surface area contributed by atoms with Crippen LogP contribution in [0.4, 0.5) is 0 Å². The van der Waals surface area contributed by atoms with Crippen molar-refractivity contribution in [2.45, 2.75) is 16.6 Å². The summed E-state index contributed by atoms with van der Waals surface area (Å²) < 4.78 is 63.4. The smallest absolute Gasteiger partial charge is 0.246 e. The molecule has 0 amide bonds. The fourth-order valence-corrected chi connectivity index (χ4v) is 6.84. The van der Waals surface area contributed by atoms with E-state index in [4.69, 9.17) is 9.47 Å². The zero-order valence-corrected chi connectivity index (χ0v) is 17.4. The van der Waals surface area contributed by atoms with Crippen molar-refractivity contribution in [3.05, 3.63) is 54.1 Å². The van der Waals surface area contributed by atoms with E-state index in [1.165, 1.54) is 36.7 Å². The van der Waals surface area contributed by atoms with Crippen molar-refractivity contribution >= 4 is 19.9 Å². The molecule has 1 aliphatic rings. The SMILES string of the molecule is COc1ccc(S(=O)(=O)N2CCC(c3ccccc3)S(=O)(=O)CC2)c(OC)c1. The van der Waals surface area contributed by atoms with Gasteiger partial charge in [-0.25, -0.2) is 16.8 Å². The molecule has 152 valence electrons. The molecular weight excluding hydrogens is 402 g/mol. The number of benzene rings is 2. The maximum Gasteiger partial charge on any atom is 0.246 e. The Bertz CT molecular complexity index is 1040. The Morgan fingerprint density at radius 1 is 1.00 bits per heavy atom. The molecule has 2 aromatic rings. The van der Waals surface area contributed by atoms with Crippen LogP contribution in [-0.2, 0) is 19.9 Å². The van der Waals surface area contributed by atoms with Crippen molar-refractivity contribution in [2.75, 3.05) is 33.1 Å². The van der Waals surface area contributed by atoms with Crippen LogP contribution in [0.15, 0.2) is 53.4 Å². The third-order valence-electron chi connectivity index (χ3n) is 4.86. The molecule has 0 spiro atoms. The predicted molar refractivity (Wildman–Crippen MR) is 106 cm³/mol. The van der Waals surface area contributed by atoms with Crippen molar-refractivity contribution in [1.82, 2.24) is 4.31 Å². The maximum atomic E-state index is 13.2. The van der Waals surface area contributed by atoms with Crippen molar-refractivity contribution in [3.8, 4) is 11.5 Å². The van der Waals surface area contributed by atoms with E-state index in [1.807, 2.05) is 6.07 Å². The standard InChI is InChI=1S/C19H23NO6S2/c1-25-16-8-9-19(17(14-16)26-2)28(23,24)20-11-10-18(27(21,22)13-12-20)15-6-4-3-5-7-15/h3-9,14,18H,10-13H2,1-2H3. The lowest BCUT2D eigenvalue weighted by atomic mass is 10.1. The third kappa shape index (κ3) is 4.01. The van der Waals surface area contributed by atoms with Gasteiger partial charge in [0.25, 0.3) is 0 Å². The Labute approximate surface area is 165 Å². The zero-order valence-electron chi connectivity index (χ0n) is 15.7. The normalized spacial score (nSPS) is 20.3. The topological polar surface area (TPSA) is 90.0 Å². The monoisotopic (exact) mass is 425 g/mol. The van der Waals surface area contributed by atoms with Gasteiger partial charge in [0.1, 0.15) is 16.4 Å². The summed E-state index contributed by atoms with van der Waals surface area (Å²) in [7, 11) is -4.53. The molecular formula is C19H23NO6S2. The molecule has 7 nitrogen and oxygen atoms in total. The Morgan fingerprint density at radius 3 is 2.36 bits per heavy atom. The van der Waals surface area contributed by atoms with Crippen LogP contribution in [0.25, 0.3) is 0 Å². The van der Waals surface area contributed by atoms with Crippen LogP contribution in [0.3, 0.4) is 0 Å². The van der Waals surface area contributed by atoms with E-state index in [9.17, 15) is 16.8 Å². The Balaban J connectivity index is 1.93. The van der Waals surface area contributed by atoms with E-state index < -0.39 is 25.1 Å². The molecule has 1 unspecified atom stereocenters. The molecule has 1 atom stereocenters. The molecule has 28 heavy (non-hydrogen) atoms. The van der Waals surface area contributed by atoms with Crippen LogP contribution in [0.1, 0.15) is 17.2 Å². The lowest BCUT2D eigenvalue weighted by molar-refractivity contribution is 0.380. The second kappa shape index (κ2) is 8.10. The van der Waals surface area contributed by atoms with Gasteiger partial charge in [0.05, 0.1) is 25.2 Å². The number of methoxy groups -OCH3 is 2. The van der Waals surface area contributed by atoms with Crippen LogP contribution in [-0.4, -0.2) is 54.2 Å². The van der Waals surface area contributed by atoms with Gasteiger partial charge >= 0.3 is 0 Å². The molecule has 9 heteroatoms. The van der Waals surface area contributed by atoms with Gasteiger partial charge in [0.2, 0.25) is 10.0 Å². The Kier molecular flexibility index (Phi) is 5.97. The molecule has 1 fully saturated rings. The van der Waals surface area contributed by atoms with Gasteiger partial charge in [-0.05, 0) is 24.1 Å². The molecule has 0 bridgehead atoms. The lowest BCUT2D eigenvalue weighted by Gasteiger charge is -2.21. The summed E-state index contributed by atoms with van der Waals surface area (Å²) in [6.45, 7) is 0.0134. The van der Waals surface area contributed by atoms with Crippen LogP contribution in [0.2, 0.25) is 0 Å². The number of sulfonamides is 1. The first-order chi connectivity index (χ1) is 13.3. The van der Waals surface area contributed by atoms with Gasteiger partial charge in [-0.3, -0.25) is 0 Å². The summed E-state index contributed by atoms with van der Waals surface area (Å²) in [5.41, 5.74) is 0.684. The van der Waals surface area contributed by atoms with Crippen molar-refractivity contribution in [3.63, 3.8) is 0 Å². The van der Waals surface area contributed by atoms with Gasteiger partial charge in [-0.15, -0.1) is 0 Å². The second-order valence-corrected chi connectivity index (χ2v) is 10.7. The van der Waals surface area contributed by atoms with Crippen LogP contribution >= 0.6 is 0 Å². The highest BCUT2D eigenvalue weighted by Gasteiger charge is 2.36. The minimum atomic E-state index is -3.92. The minimum absolute atomic E-state index is 0.00800. The summed E-state index contributed by atoms with van der Waals surface area (Å²) >= 11 is 0. The fourth-order valence-electron chi connectivity index (χ4n) is 3.33. The number of nitrogens with zero attached hydrogens (tertiary/aromatic N) is 1. The summed E-state index contributed by atoms with van der Waals surface area (Å²) in [6.07, 6.45) is 0.198. The first kappa shape index (κ1) is 20.6. The van der Waals surface area contributed by atoms with Gasteiger partial charge in [0, 0.05) is 19.2 Å². The quantitative estimate of drug-likeness (QED) is 0.730. The number of hydrogen-bond acceptors (Lipinski definition) is 6. The highest BCUT2D eigenvalue weighted by Crippen LogP contribution is 2.34. The van der Waals surface area contributed by atoms with Crippen LogP contribution < -0.4 is 9.47 Å². The second-order valence-electron chi connectivity index (χ2n) is 6.48. The largest absolute Gasteiger partial charge is 0.497 e. The molecule has 1 saturated heterocycles. The molecule has 0 aromatic heterocycles. The fraction of sp³-hybridized carbons (Fsp3) is 0.368. The van der Waals surface area contributed by atoms with E-state index >= 15 is 0 Å². The zero-order chi connectivity index (χ0) is 20.4. The van der Waals surface area contributed by atoms with E-state index in [2.05, 4.69) is 0 Å². The van der Waals surface area contributed by atoms with E-state index in [0.717, 1.165) is 0 Å². The third-order valence-corrected chi connectivity index (χ3v) is 8.92. The summed E-state index contributed by atoms with van der Waals surface area (Å²) in [5.74, 6) is 0.397. The lowest BCUT2D eigenvalue weighted by Crippen LogP contribution is -2.33. The molecule has 2 aromatic carbocycles. The van der Waals surface area contributed by atoms with Gasteiger partial charge in [-0.2, -0.15) is 4.31 Å². The Morgan fingerprint density at radius 2 is 1.71 bits per heavy atom. The average Bonchev–Trinajstić information content (AvgIpc) is 2.86. The highest BCUT2D eigenvalue weighted by molar-refractivity contribution is 7.92. The number of sulfone groups is 1. The number of ether oxygens (including phenoxy) is 2. The first-order valence-corrected chi connectivity index (χ1v) is 11.9. The van der Waals surface area contributed by atoms with Crippen LogP contribution in [0.5, 0.6) is 11.5 Å².